The lowest BCUT2D eigenvalue weighted by molar-refractivity contribution is 0.145. The molecule has 8 heteroatoms. The molecule has 0 saturated carbocycles. The summed E-state index contributed by atoms with van der Waals surface area (Å²) in [4.78, 5) is 0. The lowest BCUT2D eigenvalue weighted by Crippen LogP contribution is -2.01. The van der Waals surface area contributed by atoms with Gasteiger partial charge in [-0.25, -0.2) is 13.5 Å². The minimum Gasteiger partial charge on any atom is -0.203 e. The van der Waals surface area contributed by atoms with Crippen molar-refractivity contribution in [2.45, 2.75) is 6.43 Å². The van der Waals surface area contributed by atoms with Gasteiger partial charge in [0.1, 0.15) is 10.8 Å². The average Bonchev–Trinajstić information content (AvgIpc) is 2.62. The first kappa shape index (κ1) is 11.2. The predicted molar refractivity (Wildman–Crippen MR) is 54.1 cm³/mol. The van der Waals surface area contributed by atoms with Gasteiger partial charge < -0.3 is 0 Å². The van der Waals surface area contributed by atoms with Crippen molar-refractivity contribution in [3.8, 4) is 5.82 Å². The summed E-state index contributed by atoms with van der Waals surface area (Å²) < 4.78 is 25.8. The molecule has 2 heterocycles. The smallest absolute Gasteiger partial charge is 0.203 e. The molecule has 0 N–H and O–H groups in total. The fourth-order valence-electron chi connectivity index (χ4n) is 1.06. The van der Waals surface area contributed by atoms with Crippen molar-refractivity contribution in [1.29, 1.82) is 0 Å². The first-order chi connectivity index (χ1) is 7.58. The van der Waals surface area contributed by atoms with Crippen LogP contribution in [0.25, 0.3) is 5.82 Å². The summed E-state index contributed by atoms with van der Waals surface area (Å²) >= 11 is 11.3. The number of hydrogen-bond donors (Lipinski definition) is 0. The van der Waals surface area contributed by atoms with Gasteiger partial charge in [-0.05, 0) is 12.1 Å². The van der Waals surface area contributed by atoms with Crippen molar-refractivity contribution in [2.75, 3.05) is 0 Å². The highest BCUT2D eigenvalue weighted by molar-refractivity contribution is 6.30. The molecule has 84 valence electrons. The topological polar surface area (TPSA) is 43.6 Å². The van der Waals surface area contributed by atoms with Crippen molar-refractivity contribution in [1.82, 2.24) is 20.0 Å². The molecule has 16 heavy (non-hydrogen) atoms. The van der Waals surface area contributed by atoms with Crippen LogP contribution in [-0.4, -0.2) is 20.0 Å². The molecule has 0 amide bonds. The van der Waals surface area contributed by atoms with Crippen LogP contribution in [0.1, 0.15) is 12.1 Å². The molecule has 0 spiro atoms. The summed E-state index contributed by atoms with van der Waals surface area (Å²) in [5, 5.41) is 11.1. The van der Waals surface area contributed by atoms with E-state index in [9.17, 15) is 8.78 Å². The monoisotopic (exact) mass is 264 g/mol. The Labute approximate surface area is 98.8 Å². The zero-order valence-electron chi connectivity index (χ0n) is 7.61. The largest absolute Gasteiger partial charge is 0.282 e. The fraction of sp³-hybridized carbons (Fsp3) is 0.125. The molecule has 2 aromatic heterocycles. The van der Waals surface area contributed by atoms with Crippen LogP contribution in [-0.2, 0) is 0 Å². The van der Waals surface area contributed by atoms with Crippen LogP contribution in [0.5, 0.6) is 0 Å². The number of hydrogen-bond acceptors (Lipinski definition) is 3. The summed E-state index contributed by atoms with van der Waals surface area (Å²) in [6, 6.07) is 4.01. The highest BCUT2D eigenvalue weighted by atomic mass is 35.5. The second-order valence-electron chi connectivity index (χ2n) is 2.82. The average molecular weight is 265 g/mol. The van der Waals surface area contributed by atoms with Crippen molar-refractivity contribution in [2.24, 2.45) is 0 Å². The van der Waals surface area contributed by atoms with E-state index in [1.54, 1.807) is 0 Å². The SMILES string of the molecule is FC(F)c1cc(Cl)n(-c2ccc(Cl)nn2)n1. The van der Waals surface area contributed by atoms with Crippen LogP contribution < -0.4 is 0 Å². The van der Waals surface area contributed by atoms with E-state index in [-0.39, 0.29) is 16.1 Å². The minimum absolute atomic E-state index is 0.0342. The van der Waals surface area contributed by atoms with Gasteiger partial charge in [-0.3, -0.25) is 0 Å². The van der Waals surface area contributed by atoms with E-state index >= 15 is 0 Å². The summed E-state index contributed by atoms with van der Waals surface area (Å²) in [6.45, 7) is 0. The second kappa shape index (κ2) is 4.31. The van der Waals surface area contributed by atoms with Crippen LogP contribution in [0.15, 0.2) is 18.2 Å². The van der Waals surface area contributed by atoms with Gasteiger partial charge in [0.15, 0.2) is 11.0 Å². The zero-order valence-corrected chi connectivity index (χ0v) is 9.12. The normalized spacial score (nSPS) is 11.1. The second-order valence-corrected chi connectivity index (χ2v) is 3.59. The van der Waals surface area contributed by atoms with Crippen LogP contribution in [0, 0.1) is 0 Å². The molecular weight excluding hydrogens is 261 g/mol. The molecule has 0 bridgehead atoms. The van der Waals surface area contributed by atoms with Gasteiger partial charge in [0.2, 0.25) is 0 Å². The molecule has 0 atom stereocenters. The van der Waals surface area contributed by atoms with Crippen LogP contribution in [0.4, 0.5) is 8.78 Å². The molecular formula is C8H4Cl2F2N4. The van der Waals surface area contributed by atoms with E-state index in [1.165, 1.54) is 12.1 Å². The third-order valence-corrected chi connectivity index (χ3v) is 2.21. The highest BCUT2D eigenvalue weighted by Gasteiger charge is 2.16. The standard InChI is InChI=1S/C8H4Cl2F2N4/c9-5-1-2-7(14-13-5)16-6(10)3-4(15-16)8(11)12/h1-3,8H. The molecule has 0 saturated heterocycles. The summed E-state index contributed by atoms with van der Waals surface area (Å²) in [5.41, 5.74) is -0.415. The van der Waals surface area contributed by atoms with E-state index < -0.39 is 12.1 Å². The van der Waals surface area contributed by atoms with Gasteiger partial charge in [0.05, 0.1) is 0 Å². The number of halogens is 4. The molecule has 0 fully saturated rings. The highest BCUT2D eigenvalue weighted by Crippen LogP contribution is 2.23. The summed E-state index contributed by atoms with van der Waals surface area (Å²) in [5.74, 6) is 0.223. The van der Waals surface area contributed by atoms with Crippen molar-refractivity contribution in [3.05, 3.63) is 34.2 Å². The third-order valence-electron chi connectivity index (χ3n) is 1.74. The fourth-order valence-corrected chi connectivity index (χ4v) is 1.40. The Bertz CT molecular complexity index is 497. The molecule has 0 radical (unpaired) electrons. The Kier molecular flexibility index (Phi) is 3.02. The molecule has 0 aliphatic carbocycles. The van der Waals surface area contributed by atoms with Gasteiger partial charge in [0.25, 0.3) is 6.43 Å². The van der Waals surface area contributed by atoms with E-state index in [4.69, 9.17) is 23.2 Å². The lowest BCUT2D eigenvalue weighted by Gasteiger charge is -1.99. The number of aromatic nitrogens is 4. The van der Waals surface area contributed by atoms with E-state index in [1.807, 2.05) is 0 Å². The predicted octanol–water partition coefficient (Wildman–Crippen LogP) is 2.91. The molecule has 4 nitrogen and oxygen atoms in total. The maximum absolute atomic E-state index is 12.3. The van der Waals surface area contributed by atoms with Gasteiger partial charge in [0, 0.05) is 6.07 Å². The van der Waals surface area contributed by atoms with Crippen molar-refractivity contribution in [3.63, 3.8) is 0 Å². The minimum atomic E-state index is -2.68. The van der Waals surface area contributed by atoms with E-state index in [0.717, 1.165) is 10.7 Å². The maximum atomic E-state index is 12.3. The Balaban J connectivity index is 2.44. The van der Waals surface area contributed by atoms with Gasteiger partial charge >= 0.3 is 0 Å². The third kappa shape index (κ3) is 2.12. The van der Waals surface area contributed by atoms with Gasteiger partial charge in [-0.1, -0.05) is 23.2 Å². The number of nitrogens with zero attached hydrogens (tertiary/aromatic N) is 4. The molecule has 0 unspecified atom stereocenters. The number of rotatable bonds is 2. The van der Waals surface area contributed by atoms with Gasteiger partial charge in [-0.2, -0.15) is 5.10 Å². The Hall–Kier alpha value is -1.27. The molecule has 2 rings (SSSR count). The Morgan fingerprint density at radius 2 is 1.94 bits per heavy atom. The first-order valence-corrected chi connectivity index (χ1v) is 4.87. The van der Waals surface area contributed by atoms with Crippen LogP contribution in [0.3, 0.4) is 0 Å². The van der Waals surface area contributed by atoms with E-state index in [0.29, 0.717) is 0 Å². The summed E-state index contributed by atoms with van der Waals surface area (Å²) in [6.07, 6.45) is -2.68. The van der Waals surface area contributed by atoms with Crippen molar-refractivity contribution >= 4 is 23.2 Å². The molecule has 0 aliphatic rings. The molecule has 2 aromatic rings. The quantitative estimate of drug-likeness (QED) is 0.838. The van der Waals surface area contributed by atoms with E-state index in [2.05, 4.69) is 15.3 Å². The first-order valence-electron chi connectivity index (χ1n) is 4.11. The molecule has 0 aromatic carbocycles. The summed E-state index contributed by atoms with van der Waals surface area (Å²) in [7, 11) is 0. The Morgan fingerprint density at radius 3 is 2.44 bits per heavy atom. The van der Waals surface area contributed by atoms with Crippen molar-refractivity contribution < 1.29 is 8.78 Å². The Morgan fingerprint density at radius 1 is 1.19 bits per heavy atom. The zero-order chi connectivity index (χ0) is 11.7. The van der Waals surface area contributed by atoms with Crippen LogP contribution >= 0.6 is 23.2 Å². The van der Waals surface area contributed by atoms with Gasteiger partial charge in [-0.15, -0.1) is 10.2 Å². The van der Waals surface area contributed by atoms with Crippen LogP contribution in [0.2, 0.25) is 10.3 Å². The molecule has 0 aliphatic heterocycles. The maximum Gasteiger partial charge on any atom is 0.282 e. The lowest BCUT2D eigenvalue weighted by atomic mass is 10.5. The number of alkyl halides is 2.